The van der Waals surface area contributed by atoms with E-state index in [1.165, 1.54) is 21.7 Å². The van der Waals surface area contributed by atoms with Crippen LogP contribution in [0.1, 0.15) is 18.4 Å². The molecule has 1 aliphatic rings. The van der Waals surface area contributed by atoms with E-state index in [-0.39, 0.29) is 16.7 Å². The first-order valence-electron chi connectivity index (χ1n) is 10.7. The van der Waals surface area contributed by atoms with E-state index in [4.69, 9.17) is 16.6 Å². The van der Waals surface area contributed by atoms with Crippen molar-refractivity contribution in [2.24, 2.45) is 5.92 Å². The van der Waals surface area contributed by atoms with E-state index in [9.17, 15) is 13.2 Å². The van der Waals surface area contributed by atoms with Crippen LogP contribution in [0.25, 0.3) is 10.2 Å². The van der Waals surface area contributed by atoms with Crippen molar-refractivity contribution in [2.45, 2.75) is 24.0 Å². The lowest BCUT2D eigenvalue weighted by atomic mass is 9.98. The molecular weight excluding hydrogens is 500 g/mol. The van der Waals surface area contributed by atoms with Crippen molar-refractivity contribution in [1.29, 1.82) is 0 Å². The normalized spacial score (nSPS) is 17.7. The second kappa shape index (κ2) is 9.97. The molecule has 0 saturated carbocycles. The summed E-state index contributed by atoms with van der Waals surface area (Å²) in [6, 6.07) is 9.18. The molecule has 1 unspecified atom stereocenters. The van der Waals surface area contributed by atoms with Crippen molar-refractivity contribution < 1.29 is 13.2 Å². The maximum absolute atomic E-state index is 13.7. The Morgan fingerprint density at radius 2 is 2.00 bits per heavy atom. The number of carbonyl (C=O) groups is 1. The largest absolute Gasteiger partial charge is 0.308 e. The predicted octanol–water partition coefficient (Wildman–Crippen LogP) is 4.32. The third-order valence-electron chi connectivity index (χ3n) is 5.68. The Bertz CT molecular complexity index is 1250. The highest BCUT2D eigenvalue weighted by Crippen LogP contribution is 2.33. The molecule has 1 atom stereocenters. The van der Waals surface area contributed by atoms with Gasteiger partial charge in [-0.1, -0.05) is 29.0 Å². The van der Waals surface area contributed by atoms with Gasteiger partial charge in [0.25, 0.3) is 10.0 Å². The van der Waals surface area contributed by atoms with Crippen LogP contribution in [0, 0.1) is 12.8 Å². The number of carbonyl (C=O) groups excluding carboxylic acids is 1. The van der Waals surface area contributed by atoms with Crippen LogP contribution in [-0.4, -0.2) is 68.8 Å². The molecule has 1 aromatic carbocycles. The number of hydrogen-bond acceptors (Lipinski definition) is 7. The molecule has 3 aromatic rings. The number of benzene rings is 1. The standard InChI is InChI=1S/C22H27ClN4O3S3/c1-15-6-7-17-18(13-15)31-22(24-17)27(12-11-25(2)3)21(28)16-5-4-10-26(14-16)33(29,30)20-9-8-19(23)32-20/h6-9,13,16H,4-5,10-12,14H2,1-3H3. The summed E-state index contributed by atoms with van der Waals surface area (Å²) in [5.74, 6) is -0.489. The third-order valence-corrected chi connectivity index (χ3v) is 10.3. The SMILES string of the molecule is Cc1ccc2nc(N(CCN(C)C)C(=O)C3CCCN(S(=O)(=O)c4ccc(Cl)s4)C3)sc2c1. The molecule has 0 N–H and O–H groups in total. The monoisotopic (exact) mass is 526 g/mol. The number of sulfonamides is 1. The summed E-state index contributed by atoms with van der Waals surface area (Å²) in [5, 5.41) is 0.660. The van der Waals surface area contributed by atoms with Crippen molar-refractivity contribution in [3.05, 3.63) is 40.2 Å². The average Bonchev–Trinajstić information content (AvgIpc) is 3.40. The minimum absolute atomic E-state index is 0.0725. The average molecular weight is 527 g/mol. The summed E-state index contributed by atoms with van der Waals surface area (Å²) in [5.41, 5.74) is 2.01. The molecule has 0 spiro atoms. The number of rotatable bonds is 7. The predicted molar refractivity (Wildman–Crippen MR) is 136 cm³/mol. The summed E-state index contributed by atoms with van der Waals surface area (Å²) in [7, 11) is 0.254. The zero-order valence-corrected chi connectivity index (χ0v) is 22.0. The van der Waals surface area contributed by atoms with Crippen LogP contribution < -0.4 is 4.90 Å². The number of fused-ring (bicyclic) bond motifs is 1. The van der Waals surface area contributed by atoms with Crippen molar-refractivity contribution in [3.8, 4) is 0 Å². The van der Waals surface area contributed by atoms with Crippen LogP contribution in [0.4, 0.5) is 5.13 Å². The first-order valence-corrected chi connectivity index (χ1v) is 14.2. The first kappa shape index (κ1) is 24.6. The van der Waals surface area contributed by atoms with Gasteiger partial charge in [-0.15, -0.1) is 11.3 Å². The Hall–Kier alpha value is -1.56. The van der Waals surface area contributed by atoms with E-state index in [1.54, 1.807) is 11.0 Å². The summed E-state index contributed by atoms with van der Waals surface area (Å²) in [4.78, 5) is 22.2. The van der Waals surface area contributed by atoms with Gasteiger partial charge in [0.15, 0.2) is 5.13 Å². The van der Waals surface area contributed by atoms with E-state index >= 15 is 0 Å². The third kappa shape index (κ3) is 5.41. The van der Waals surface area contributed by atoms with Gasteiger partial charge < -0.3 is 4.90 Å². The van der Waals surface area contributed by atoms with Gasteiger partial charge in [-0.05, 0) is 63.7 Å². The molecule has 1 saturated heterocycles. The molecule has 3 heterocycles. The number of anilines is 1. The number of thiophene rings is 1. The smallest absolute Gasteiger partial charge is 0.252 e. The fourth-order valence-corrected chi connectivity index (χ4v) is 8.14. The molecule has 1 aliphatic heterocycles. The van der Waals surface area contributed by atoms with Gasteiger partial charge in [-0.25, -0.2) is 13.4 Å². The Morgan fingerprint density at radius 3 is 2.70 bits per heavy atom. The summed E-state index contributed by atoms with van der Waals surface area (Å²) in [6.07, 6.45) is 1.29. The van der Waals surface area contributed by atoms with Gasteiger partial charge in [0.2, 0.25) is 5.91 Å². The number of piperidine rings is 1. The lowest BCUT2D eigenvalue weighted by molar-refractivity contribution is -0.123. The Balaban J connectivity index is 1.59. The number of amides is 1. The fourth-order valence-electron chi connectivity index (χ4n) is 3.88. The van der Waals surface area contributed by atoms with Gasteiger partial charge in [0.1, 0.15) is 4.21 Å². The maximum Gasteiger partial charge on any atom is 0.252 e. The summed E-state index contributed by atoms with van der Waals surface area (Å²) in [6.45, 7) is 3.78. The van der Waals surface area contributed by atoms with Gasteiger partial charge >= 0.3 is 0 Å². The number of halogens is 1. The highest BCUT2D eigenvalue weighted by atomic mass is 35.5. The molecule has 11 heteroatoms. The molecular formula is C22H27ClN4O3S3. The van der Waals surface area contributed by atoms with Gasteiger partial charge in [0, 0.05) is 26.2 Å². The van der Waals surface area contributed by atoms with Crippen LogP contribution >= 0.6 is 34.3 Å². The number of nitrogens with zero attached hydrogens (tertiary/aromatic N) is 4. The fraction of sp³-hybridized carbons (Fsp3) is 0.455. The van der Waals surface area contributed by atoms with Crippen LogP contribution in [0.5, 0.6) is 0 Å². The van der Waals surface area contributed by atoms with E-state index in [0.29, 0.717) is 41.9 Å². The van der Waals surface area contributed by atoms with E-state index < -0.39 is 15.9 Å². The van der Waals surface area contributed by atoms with E-state index in [1.807, 2.05) is 38.1 Å². The summed E-state index contributed by atoms with van der Waals surface area (Å²) >= 11 is 8.51. The molecule has 7 nitrogen and oxygen atoms in total. The van der Waals surface area contributed by atoms with Crippen LogP contribution in [-0.2, 0) is 14.8 Å². The van der Waals surface area contributed by atoms with Crippen molar-refractivity contribution in [1.82, 2.24) is 14.2 Å². The Kier molecular flexibility index (Phi) is 7.42. The molecule has 1 amide bonds. The van der Waals surface area contributed by atoms with Gasteiger partial charge in [0.05, 0.1) is 20.5 Å². The number of aromatic nitrogens is 1. The van der Waals surface area contributed by atoms with Crippen molar-refractivity contribution in [2.75, 3.05) is 45.2 Å². The highest BCUT2D eigenvalue weighted by molar-refractivity contribution is 7.91. The molecule has 0 aliphatic carbocycles. The summed E-state index contributed by atoms with van der Waals surface area (Å²) < 4.78 is 29.3. The lowest BCUT2D eigenvalue weighted by Gasteiger charge is -2.33. The number of thiazole rings is 1. The van der Waals surface area contributed by atoms with Crippen LogP contribution in [0.2, 0.25) is 4.34 Å². The number of hydrogen-bond donors (Lipinski definition) is 0. The molecule has 4 rings (SSSR count). The first-order chi connectivity index (χ1) is 15.6. The number of likely N-dealkylation sites (N-methyl/N-ethyl adjacent to an activating group) is 1. The zero-order valence-electron chi connectivity index (χ0n) is 18.8. The van der Waals surface area contributed by atoms with E-state index in [0.717, 1.165) is 27.1 Å². The number of aryl methyl sites for hydroxylation is 1. The minimum atomic E-state index is -3.67. The second-order valence-corrected chi connectivity index (χ2v) is 13.4. The molecule has 178 valence electrons. The van der Waals surface area contributed by atoms with Crippen molar-refractivity contribution >= 4 is 65.6 Å². The molecule has 2 aromatic heterocycles. The van der Waals surface area contributed by atoms with Crippen molar-refractivity contribution in [3.63, 3.8) is 0 Å². The second-order valence-electron chi connectivity index (χ2n) is 8.52. The lowest BCUT2D eigenvalue weighted by Crippen LogP contribution is -2.48. The highest BCUT2D eigenvalue weighted by Gasteiger charge is 2.36. The van der Waals surface area contributed by atoms with Crippen LogP contribution in [0.3, 0.4) is 0 Å². The van der Waals surface area contributed by atoms with Crippen LogP contribution in [0.15, 0.2) is 34.5 Å². The zero-order chi connectivity index (χ0) is 23.8. The maximum atomic E-state index is 13.7. The molecule has 1 fully saturated rings. The van der Waals surface area contributed by atoms with E-state index in [2.05, 4.69) is 6.07 Å². The molecule has 33 heavy (non-hydrogen) atoms. The Labute approximate surface area is 207 Å². The Morgan fingerprint density at radius 1 is 1.21 bits per heavy atom. The topological polar surface area (TPSA) is 73.8 Å². The minimum Gasteiger partial charge on any atom is -0.308 e. The quantitative estimate of drug-likeness (QED) is 0.458. The van der Waals surface area contributed by atoms with Gasteiger partial charge in [-0.3, -0.25) is 9.69 Å². The van der Waals surface area contributed by atoms with Gasteiger partial charge in [-0.2, -0.15) is 4.31 Å². The molecule has 0 bridgehead atoms. The molecule has 0 radical (unpaired) electrons.